The van der Waals surface area contributed by atoms with Crippen molar-refractivity contribution in [3.63, 3.8) is 0 Å². The molecule has 0 bridgehead atoms. The third-order valence-corrected chi connectivity index (χ3v) is 17.5. The van der Waals surface area contributed by atoms with Gasteiger partial charge in [0.05, 0.1) is 0 Å². The Morgan fingerprint density at radius 3 is 1.95 bits per heavy atom. The van der Waals surface area contributed by atoms with Crippen molar-refractivity contribution in [1.29, 1.82) is 0 Å². The summed E-state index contributed by atoms with van der Waals surface area (Å²) in [4.78, 5) is 13.1. The normalized spacial score (nSPS) is 22.1. The summed E-state index contributed by atoms with van der Waals surface area (Å²) in [5.74, 6) is 0. The topological polar surface area (TPSA) is 6.48 Å². The maximum absolute atomic E-state index is 2.57. The van der Waals surface area contributed by atoms with E-state index in [4.69, 9.17) is 0 Å². The van der Waals surface area contributed by atoms with Crippen molar-refractivity contribution in [1.82, 2.24) is 9.80 Å². The SMILES string of the molecule is CCN1C[CH2][Ga]([CH3])[CH2]C1.CC[CH2][Ga]1[CH2]CN(C)C[CH2]1. The second-order valence-electron chi connectivity index (χ2n) is 6.65. The van der Waals surface area contributed by atoms with Gasteiger partial charge in [-0.1, -0.05) is 0 Å². The number of nitrogens with zero attached hydrogens (tertiary/aromatic N) is 2. The zero-order valence-corrected chi connectivity index (χ0v) is 18.7. The number of rotatable bonds is 3. The molecule has 0 atom stereocenters. The van der Waals surface area contributed by atoms with Crippen LogP contribution in [0.25, 0.3) is 0 Å². The minimum atomic E-state index is -0.643. The molecule has 2 fully saturated rings. The summed E-state index contributed by atoms with van der Waals surface area (Å²) in [5.41, 5.74) is 2.54. The number of hydrogen-bond donors (Lipinski definition) is 0. The summed E-state index contributed by atoms with van der Waals surface area (Å²) < 4.78 is 0. The molecule has 2 aliphatic heterocycles. The molecule has 2 rings (SSSR count). The summed E-state index contributed by atoms with van der Waals surface area (Å²) in [6, 6.07) is 0. The van der Waals surface area contributed by atoms with E-state index in [0.717, 1.165) is 0 Å². The van der Waals surface area contributed by atoms with Gasteiger partial charge in [-0.05, 0) is 0 Å². The Kier molecular flexibility index (Phi) is 10.4. The molecule has 0 N–H and O–H groups in total. The van der Waals surface area contributed by atoms with E-state index in [9.17, 15) is 0 Å². The van der Waals surface area contributed by atoms with Gasteiger partial charge in [-0.25, -0.2) is 0 Å². The van der Waals surface area contributed by atoms with Crippen LogP contribution >= 0.6 is 0 Å². The van der Waals surface area contributed by atoms with Crippen molar-refractivity contribution >= 4 is 32.4 Å². The molecule has 2 saturated heterocycles. The van der Waals surface area contributed by atoms with Crippen LogP contribution in [0.5, 0.6) is 0 Å². The molecule has 2 heterocycles. The van der Waals surface area contributed by atoms with Crippen LogP contribution in [0.2, 0.25) is 30.4 Å². The molecule has 0 unspecified atom stereocenters. The zero-order valence-electron chi connectivity index (χ0n) is 13.8. The molecule has 0 aromatic rings. The van der Waals surface area contributed by atoms with E-state index in [1.54, 1.807) is 24.9 Å². The summed E-state index contributed by atoms with van der Waals surface area (Å²) in [6.07, 6.45) is 1.45. The van der Waals surface area contributed by atoms with Gasteiger partial charge in [0.25, 0.3) is 0 Å². The first-order valence-electron chi connectivity index (χ1n) is 8.56. The fourth-order valence-corrected chi connectivity index (χ4v) is 14.0. The Labute approximate surface area is 132 Å². The predicted octanol–water partition coefficient (Wildman–Crippen LogP) is 3.28. The van der Waals surface area contributed by atoms with Crippen LogP contribution in [-0.2, 0) is 0 Å². The fourth-order valence-electron chi connectivity index (χ4n) is 3.14. The molecule has 0 saturated carbocycles. The van der Waals surface area contributed by atoms with E-state index in [2.05, 4.69) is 36.2 Å². The second kappa shape index (κ2) is 10.9. The predicted molar refractivity (Wildman–Crippen MR) is 91.3 cm³/mol. The first-order valence-corrected chi connectivity index (χ1v) is 19.5. The second-order valence-corrected chi connectivity index (χ2v) is 21.0. The third kappa shape index (κ3) is 8.27. The summed E-state index contributed by atoms with van der Waals surface area (Å²) >= 11 is -1.24. The first kappa shape index (κ1) is 18.2. The van der Waals surface area contributed by atoms with E-state index < -0.39 is 32.4 Å². The van der Waals surface area contributed by atoms with E-state index in [-0.39, 0.29) is 0 Å². The molecule has 0 aromatic heterocycles. The van der Waals surface area contributed by atoms with Crippen molar-refractivity contribution in [2.24, 2.45) is 0 Å². The first-order chi connectivity index (χ1) is 9.15. The molecule has 0 amide bonds. The van der Waals surface area contributed by atoms with Crippen molar-refractivity contribution in [3.8, 4) is 0 Å². The summed E-state index contributed by atoms with van der Waals surface area (Å²) in [5, 5.41) is 0. The van der Waals surface area contributed by atoms with Gasteiger partial charge >= 0.3 is 133 Å². The molecular weight excluding hydrogens is 348 g/mol. The molecule has 0 spiro atoms. The molecular formula is C15H34Ga2N2. The van der Waals surface area contributed by atoms with Crippen molar-refractivity contribution < 1.29 is 0 Å². The monoisotopic (exact) mass is 380 g/mol. The minimum absolute atomic E-state index is 0.597. The van der Waals surface area contributed by atoms with Gasteiger partial charge in [0.2, 0.25) is 0 Å². The van der Waals surface area contributed by atoms with Crippen molar-refractivity contribution in [2.45, 2.75) is 50.6 Å². The Morgan fingerprint density at radius 1 is 0.895 bits per heavy atom. The van der Waals surface area contributed by atoms with Crippen LogP contribution in [-0.4, -0.2) is 82.0 Å². The zero-order chi connectivity index (χ0) is 14.1. The van der Waals surface area contributed by atoms with E-state index in [0.29, 0.717) is 0 Å². The molecule has 2 aliphatic rings. The molecule has 0 aromatic carbocycles. The van der Waals surface area contributed by atoms with E-state index >= 15 is 0 Å². The van der Waals surface area contributed by atoms with Crippen LogP contribution in [0.3, 0.4) is 0 Å². The van der Waals surface area contributed by atoms with Gasteiger partial charge < -0.3 is 0 Å². The summed E-state index contributed by atoms with van der Waals surface area (Å²) in [6.45, 7) is 11.5. The molecule has 0 radical (unpaired) electrons. The molecule has 19 heavy (non-hydrogen) atoms. The van der Waals surface area contributed by atoms with Gasteiger partial charge in [-0.2, -0.15) is 0 Å². The molecule has 2 nitrogen and oxygen atoms in total. The fraction of sp³-hybridized carbons (Fsp3) is 1.00. The van der Waals surface area contributed by atoms with Crippen molar-refractivity contribution in [3.05, 3.63) is 0 Å². The van der Waals surface area contributed by atoms with E-state index in [1.165, 1.54) is 39.1 Å². The molecule has 4 heteroatoms. The van der Waals surface area contributed by atoms with Crippen LogP contribution in [0.1, 0.15) is 20.3 Å². The van der Waals surface area contributed by atoms with Gasteiger partial charge in [0.15, 0.2) is 0 Å². The Hall–Kier alpha value is 1.19. The molecule has 110 valence electrons. The third-order valence-electron chi connectivity index (χ3n) is 4.86. The van der Waals surface area contributed by atoms with Crippen LogP contribution in [0, 0.1) is 0 Å². The van der Waals surface area contributed by atoms with Crippen molar-refractivity contribution in [2.75, 3.05) is 39.8 Å². The average molecular weight is 382 g/mol. The maximum atomic E-state index is 2.57. The Morgan fingerprint density at radius 2 is 1.47 bits per heavy atom. The summed E-state index contributed by atoms with van der Waals surface area (Å²) in [7, 11) is 2.25. The van der Waals surface area contributed by atoms with Crippen LogP contribution in [0.4, 0.5) is 0 Å². The van der Waals surface area contributed by atoms with E-state index in [1.807, 2.05) is 0 Å². The van der Waals surface area contributed by atoms with Gasteiger partial charge in [-0.3, -0.25) is 0 Å². The molecule has 0 aliphatic carbocycles. The van der Waals surface area contributed by atoms with Gasteiger partial charge in [0.1, 0.15) is 0 Å². The van der Waals surface area contributed by atoms with Gasteiger partial charge in [-0.15, -0.1) is 0 Å². The number of hydrogen-bond acceptors (Lipinski definition) is 2. The Bertz CT molecular complexity index is 210. The average Bonchev–Trinajstić information content (AvgIpc) is 2.43. The quantitative estimate of drug-likeness (QED) is 0.692. The van der Waals surface area contributed by atoms with Crippen LogP contribution < -0.4 is 0 Å². The van der Waals surface area contributed by atoms with Gasteiger partial charge in [0, 0.05) is 0 Å². The Balaban J connectivity index is 0.000000191. The standard InChI is InChI=1S/C6H13N.C5H11N.C3H7.CH3.2Ga/c1-4-7(5-2)6-3;1-4-6(3)5-2;1-3-2;;;/h1-2,4-6H2,3H3;1-2,4-5H2,3H3;1,3H2,2H3;1H3;;. The van der Waals surface area contributed by atoms with Crippen LogP contribution in [0.15, 0.2) is 0 Å².